The molecule has 1 atom stereocenters. The van der Waals surface area contributed by atoms with E-state index in [-0.39, 0.29) is 6.04 Å². The molecule has 2 heterocycles. The molecule has 0 bridgehead atoms. The highest BCUT2D eigenvalue weighted by Gasteiger charge is 2.15. The van der Waals surface area contributed by atoms with Crippen LogP contribution in [0.15, 0.2) is 121 Å². The number of hydrogen-bond acceptors (Lipinski definition) is 4. The Morgan fingerprint density at radius 2 is 1.48 bits per heavy atom. The van der Waals surface area contributed by atoms with E-state index in [9.17, 15) is 0 Å². The quantitative estimate of drug-likeness (QED) is 0.142. The maximum absolute atomic E-state index is 6.75. The molecular formula is C33H30BrN3OS2. The number of aromatic nitrogens is 2. The van der Waals surface area contributed by atoms with E-state index in [0.29, 0.717) is 0 Å². The van der Waals surface area contributed by atoms with E-state index in [4.69, 9.17) is 10.5 Å². The van der Waals surface area contributed by atoms with Gasteiger partial charge < -0.3 is 20.4 Å². The number of ether oxygens (including phenoxy) is 1. The molecule has 7 heteroatoms. The summed E-state index contributed by atoms with van der Waals surface area (Å²) in [6.07, 6.45) is 6.85. The minimum absolute atomic E-state index is 0.0620. The van der Waals surface area contributed by atoms with Crippen molar-refractivity contribution in [1.82, 2.24) is 9.97 Å². The summed E-state index contributed by atoms with van der Waals surface area (Å²) < 4.78 is 6.62. The Kier molecular flexibility index (Phi) is 8.25. The van der Waals surface area contributed by atoms with Crippen molar-refractivity contribution < 1.29 is 4.74 Å². The number of nitrogens with two attached hydrogens (primary N) is 1. The van der Waals surface area contributed by atoms with E-state index in [0.717, 1.165) is 40.5 Å². The summed E-state index contributed by atoms with van der Waals surface area (Å²) in [5.41, 5.74) is 11.5. The Balaban J connectivity index is 1.14. The molecule has 0 saturated heterocycles. The monoisotopic (exact) mass is 627 g/mol. The fourth-order valence-corrected chi connectivity index (χ4v) is 7.56. The molecule has 0 radical (unpaired) electrons. The number of hydrogen-bond donors (Lipinski definition) is 3. The van der Waals surface area contributed by atoms with Crippen LogP contribution in [0.1, 0.15) is 17.5 Å². The molecule has 0 spiro atoms. The third-order valence-corrected chi connectivity index (χ3v) is 9.96. The molecule has 0 aliphatic rings. The Hall–Kier alpha value is -3.10. The van der Waals surface area contributed by atoms with Crippen LogP contribution in [0.5, 0.6) is 5.75 Å². The van der Waals surface area contributed by atoms with Crippen LogP contribution in [-0.4, -0.2) is 23.1 Å². The number of para-hydroxylation sites is 1. The molecule has 0 aliphatic carbocycles. The fraction of sp³-hybridized carbons (Fsp3) is 0.152. The van der Waals surface area contributed by atoms with Crippen LogP contribution in [0.4, 0.5) is 0 Å². The van der Waals surface area contributed by atoms with Gasteiger partial charge in [0.1, 0.15) is 5.75 Å². The Labute approximate surface area is 251 Å². The normalized spacial score (nSPS) is 12.3. The fourth-order valence-electron chi connectivity index (χ4n) is 5.05. The molecule has 6 rings (SSSR count). The summed E-state index contributed by atoms with van der Waals surface area (Å²) in [7, 11) is 1.71. The molecule has 0 amide bonds. The van der Waals surface area contributed by atoms with Crippen molar-refractivity contribution in [2.75, 3.05) is 7.11 Å². The van der Waals surface area contributed by atoms with E-state index >= 15 is 0 Å². The lowest BCUT2D eigenvalue weighted by Crippen LogP contribution is -2.23. The van der Waals surface area contributed by atoms with Crippen LogP contribution >= 0.6 is 39.5 Å². The van der Waals surface area contributed by atoms with Gasteiger partial charge in [0.05, 0.1) is 12.6 Å². The van der Waals surface area contributed by atoms with Gasteiger partial charge in [0.25, 0.3) is 0 Å². The van der Waals surface area contributed by atoms with Crippen LogP contribution in [-0.2, 0) is 12.8 Å². The summed E-state index contributed by atoms with van der Waals surface area (Å²) in [6.45, 7) is 0. The van der Waals surface area contributed by atoms with Gasteiger partial charge in [-0.1, -0.05) is 88.0 Å². The lowest BCUT2D eigenvalue weighted by atomic mass is 10.00. The van der Waals surface area contributed by atoms with Gasteiger partial charge in [0.15, 0.2) is 0 Å². The third-order valence-electron chi connectivity index (χ3n) is 7.12. The minimum atomic E-state index is 0.0620. The molecule has 4 nitrogen and oxygen atoms in total. The van der Waals surface area contributed by atoms with E-state index in [2.05, 4.69) is 111 Å². The van der Waals surface area contributed by atoms with Crippen LogP contribution in [0.25, 0.3) is 21.8 Å². The minimum Gasteiger partial charge on any atom is -0.495 e. The predicted octanol–water partition coefficient (Wildman–Crippen LogP) is 9.23. The largest absolute Gasteiger partial charge is 0.495 e. The summed E-state index contributed by atoms with van der Waals surface area (Å²) in [4.78, 5) is 11.7. The summed E-state index contributed by atoms with van der Waals surface area (Å²) in [5, 5.41) is 2.40. The maximum atomic E-state index is 6.75. The number of fused-ring (bicyclic) bond motifs is 2. The van der Waals surface area contributed by atoms with E-state index < -0.39 is 0 Å². The zero-order valence-corrected chi connectivity index (χ0v) is 25.3. The zero-order chi connectivity index (χ0) is 27.5. The summed E-state index contributed by atoms with van der Waals surface area (Å²) >= 11 is 7.21. The molecule has 202 valence electrons. The first-order valence-electron chi connectivity index (χ1n) is 13.3. The number of aryl methyl sites for hydroxylation is 1. The number of halogens is 1. The van der Waals surface area contributed by atoms with Crippen molar-refractivity contribution >= 4 is 61.3 Å². The number of H-pyrrole nitrogens is 2. The Morgan fingerprint density at radius 3 is 2.27 bits per heavy atom. The van der Waals surface area contributed by atoms with Crippen molar-refractivity contribution in [3.05, 3.63) is 113 Å². The maximum Gasteiger partial charge on any atom is 0.142 e. The van der Waals surface area contributed by atoms with Crippen LogP contribution in [0, 0.1) is 0 Å². The van der Waals surface area contributed by atoms with Gasteiger partial charge in [0, 0.05) is 58.8 Å². The van der Waals surface area contributed by atoms with Gasteiger partial charge in [-0.05, 0) is 66.8 Å². The van der Waals surface area contributed by atoms with Gasteiger partial charge in [0.2, 0.25) is 0 Å². The Morgan fingerprint density at radius 1 is 0.775 bits per heavy atom. The third kappa shape index (κ3) is 5.84. The number of nitrogens with one attached hydrogen (secondary N) is 2. The molecule has 4 N–H and O–H groups in total. The van der Waals surface area contributed by atoms with Crippen LogP contribution in [0.3, 0.4) is 0 Å². The second-order valence-electron chi connectivity index (χ2n) is 9.80. The Bertz CT molecular complexity index is 1780. The standard InChI is InChI=1S/C33H30BrN3OS2/c1-38-28-10-6-9-25-31(20-37-33(25)28)40-30-12-5-3-8-22(30)17-24(35)15-13-21-7-2-4-11-29(21)39-32-19-36-27-16-14-23(34)18-26(27)32/h2-12,14,16,18-20,24,36-37H,13,15,17,35H2,1H3. The summed E-state index contributed by atoms with van der Waals surface area (Å²) in [6, 6.07) is 29.9. The van der Waals surface area contributed by atoms with Crippen molar-refractivity contribution in [2.45, 2.75) is 44.9 Å². The summed E-state index contributed by atoms with van der Waals surface area (Å²) in [5.74, 6) is 0.857. The van der Waals surface area contributed by atoms with Crippen molar-refractivity contribution in [3.63, 3.8) is 0 Å². The predicted molar refractivity (Wildman–Crippen MR) is 172 cm³/mol. The first-order chi connectivity index (χ1) is 19.6. The number of methoxy groups -OCH3 is 1. The molecule has 0 fully saturated rings. The van der Waals surface area contributed by atoms with E-state index in [1.807, 2.05) is 23.9 Å². The van der Waals surface area contributed by atoms with Crippen molar-refractivity contribution in [1.29, 1.82) is 0 Å². The van der Waals surface area contributed by atoms with E-state index in [1.165, 1.54) is 41.5 Å². The molecule has 0 aliphatic heterocycles. The molecule has 2 aromatic heterocycles. The molecule has 1 unspecified atom stereocenters. The second kappa shape index (κ2) is 12.2. The van der Waals surface area contributed by atoms with Gasteiger partial charge in [-0.2, -0.15) is 0 Å². The van der Waals surface area contributed by atoms with Crippen molar-refractivity contribution in [3.8, 4) is 5.75 Å². The average molecular weight is 629 g/mol. The van der Waals surface area contributed by atoms with Gasteiger partial charge in [-0.3, -0.25) is 0 Å². The van der Waals surface area contributed by atoms with Crippen molar-refractivity contribution in [2.24, 2.45) is 5.73 Å². The molecule has 0 saturated carbocycles. The van der Waals surface area contributed by atoms with Gasteiger partial charge >= 0.3 is 0 Å². The second-order valence-corrected chi connectivity index (χ2v) is 12.9. The molecule has 4 aromatic carbocycles. The van der Waals surface area contributed by atoms with Gasteiger partial charge in [-0.25, -0.2) is 0 Å². The molecular weight excluding hydrogens is 598 g/mol. The highest BCUT2D eigenvalue weighted by atomic mass is 79.9. The lowest BCUT2D eigenvalue weighted by Gasteiger charge is -2.16. The molecule has 6 aromatic rings. The van der Waals surface area contributed by atoms with Crippen LogP contribution < -0.4 is 10.5 Å². The number of benzene rings is 4. The SMILES string of the molecule is COc1cccc2c(Sc3ccccc3CC(N)CCc3ccccc3Sc3c[nH]c4ccc(Br)cc34)c[nH]c12. The number of rotatable bonds is 10. The molecule has 40 heavy (non-hydrogen) atoms. The number of aromatic amines is 2. The van der Waals surface area contributed by atoms with E-state index in [1.54, 1.807) is 18.9 Å². The van der Waals surface area contributed by atoms with Gasteiger partial charge in [-0.15, -0.1) is 0 Å². The highest BCUT2D eigenvalue weighted by molar-refractivity contribution is 9.10. The smallest absolute Gasteiger partial charge is 0.142 e. The highest BCUT2D eigenvalue weighted by Crippen LogP contribution is 2.39. The van der Waals surface area contributed by atoms with Crippen LogP contribution in [0.2, 0.25) is 0 Å². The lowest BCUT2D eigenvalue weighted by molar-refractivity contribution is 0.419. The average Bonchev–Trinajstić information content (AvgIpc) is 3.57. The first-order valence-corrected chi connectivity index (χ1v) is 15.7. The zero-order valence-electron chi connectivity index (χ0n) is 22.1. The topological polar surface area (TPSA) is 66.8 Å². The first kappa shape index (κ1) is 27.1.